The third-order valence-corrected chi connectivity index (χ3v) is 6.27. The van der Waals surface area contributed by atoms with Crippen LogP contribution < -0.4 is 14.8 Å². The van der Waals surface area contributed by atoms with Gasteiger partial charge in [-0.15, -0.1) is 8.78 Å². The molecule has 2 aromatic carbocycles. The minimum Gasteiger partial charge on any atom is -0.395 e. The summed E-state index contributed by atoms with van der Waals surface area (Å²) < 4.78 is 37.9. The van der Waals surface area contributed by atoms with Crippen LogP contribution in [0.25, 0.3) is 10.9 Å². The van der Waals surface area contributed by atoms with E-state index >= 15 is 0 Å². The Labute approximate surface area is 186 Å². The SMILES string of the molecule is [B]CCn1c(C(C)C)cc2cc(NC(=O)C3(c4ccc5c(c4)OC(F)(F)O5)CC3)ccc21. The number of aromatic nitrogens is 1. The predicted molar refractivity (Wildman–Crippen MR) is 119 cm³/mol. The summed E-state index contributed by atoms with van der Waals surface area (Å²) in [6, 6.07) is 12.5. The van der Waals surface area contributed by atoms with E-state index in [0.717, 1.165) is 17.4 Å². The van der Waals surface area contributed by atoms with E-state index in [1.54, 1.807) is 6.07 Å². The van der Waals surface area contributed by atoms with Crippen molar-refractivity contribution in [1.82, 2.24) is 4.57 Å². The Morgan fingerprint density at radius 3 is 2.56 bits per heavy atom. The first-order valence-electron chi connectivity index (χ1n) is 10.8. The fourth-order valence-electron chi connectivity index (χ4n) is 4.50. The van der Waals surface area contributed by atoms with Crippen LogP contribution in [0.4, 0.5) is 14.5 Å². The molecule has 1 aliphatic heterocycles. The van der Waals surface area contributed by atoms with Gasteiger partial charge in [0, 0.05) is 28.8 Å². The molecular weight excluding hydrogens is 413 g/mol. The summed E-state index contributed by atoms with van der Waals surface area (Å²) in [5.41, 5.74) is 2.87. The van der Waals surface area contributed by atoms with Gasteiger partial charge in [-0.25, -0.2) is 0 Å². The van der Waals surface area contributed by atoms with Crippen molar-refractivity contribution in [3.63, 3.8) is 0 Å². The van der Waals surface area contributed by atoms with E-state index in [-0.39, 0.29) is 17.4 Å². The highest BCUT2D eigenvalue weighted by molar-refractivity contribution is 6.08. The van der Waals surface area contributed by atoms with Crippen LogP contribution in [-0.2, 0) is 16.8 Å². The second-order valence-corrected chi connectivity index (χ2v) is 8.80. The minimum atomic E-state index is -3.68. The number of anilines is 1. The Morgan fingerprint density at radius 2 is 1.88 bits per heavy atom. The van der Waals surface area contributed by atoms with E-state index < -0.39 is 11.7 Å². The molecule has 1 amide bonds. The molecule has 32 heavy (non-hydrogen) atoms. The van der Waals surface area contributed by atoms with Crippen LogP contribution in [0.5, 0.6) is 11.5 Å². The van der Waals surface area contributed by atoms with E-state index in [9.17, 15) is 13.6 Å². The highest BCUT2D eigenvalue weighted by Crippen LogP contribution is 2.52. The smallest absolute Gasteiger partial charge is 0.395 e. The molecule has 1 fully saturated rings. The third kappa shape index (κ3) is 3.42. The summed E-state index contributed by atoms with van der Waals surface area (Å²) in [4.78, 5) is 13.2. The molecular formula is C24H23BF2N2O3. The van der Waals surface area contributed by atoms with Gasteiger partial charge in [0.25, 0.3) is 0 Å². The van der Waals surface area contributed by atoms with Gasteiger partial charge in [0.05, 0.1) is 13.3 Å². The van der Waals surface area contributed by atoms with Crippen molar-refractivity contribution >= 4 is 30.3 Å². The first-order chi connectivity index (χ1) is 15.2. The highest BCUT2D eigenvalue weighted by atomic mass is 19.3. The summed E-state index contributed by atoms with van der Waals surface area (Å²) in [5.74, 6) is 0.117. The summed E-state index contributed by atoms with van der Waals surface area (Å²) in [7, 11) is 5.80. The average Bonchev–Trinajstić information content (AvgIpc) is 3.38. The zero-order chi connectivity index (χ0) is 22.7. The van der Waals surface area contributed by atoms with Crippen molar-refractivity contribution in [2.24, 2.45) is 0 Å². The van der Waals surface area contributed by atoms with Crippen LogP contribution in [0.2, 0.25) is 6.32 Å². The van der Waals surface area contributed by atoms with Crippen LogP contribution in [-0.4, -0.2) is 24.6 Å². The van der Waals surface area contributed by atoms with Crippen LogP contribution in [0, 0.1) is 0 Å². The first-order valence-corrected chi connectivity index (χ1v) is 10.8. The Hall–Kier alpha value is -3.03. The van der Waals surface area contributed by atoms with Crippen molar-refractivity contribution < 1.29 is 23.0 Å². The number of nitrogens with zero attached hydrogens (tertiary/aromatic N) is 1. The van der Waals surface area contributed by atoms with Gasteiger partial charge < -0.3 is 19.4 Å². The molecule has 0 saturated heterocycles. The number of ether oxygens (including phenoxy) is 2. The monoisotopic (exact) mass is 436 g/mol. The van der Waals surface area contributed by atoms with Crippen molar-refractivity contribution in [3.05, 3.63) is 53.7 Å². The van der Waals surface area contributed by atoms with Crippen LogP contribution >= 0.6 is 0 Å². The lowest BCUT2D eigenvalue weighted by molar-refractivity contribution is -0.286. The van der Waals surface area contributed by atoms with E-state index in [0.29, 0.717) is 36.3 Å². The highest BCUT2D eigenvalue weighted by Gasteiger charge is 2.52. The second-order valence-electron chi connectivity index (χ2n) is 8.80. The number of alkyl halides is 2. The Bertz CT molecular complexity index is 1220. The quantitative estimate of drug-likeness (QED) is 0.531. The Balaban J connectivity index is 1.40. The van der Waals surface area contributed by atoms with Crippen molar-refractivity contribution in [2.45, 2.75) is 57.2 Å². The second kappa shape index (κ2) is 7.25. The topological polar surface area (TPSA) is 52.5 Å². The van der Waals surface area contributed by atoms with Crippen LogP contribution in [0.3, 0.4) is 0 Å². The number of halogens is 2. The number of hydrogen-bond donors (Lipinski definition) is 1. The lowest BCUT2D eigenvalue weighted by Gasteiger charge is -2.16. The maximum absolute atomic E-state index is 13.4. The number of nitrogens with one attached hydrogen (secondary N) is 1. The number of hydrogen-bond acceptors (Lipinski definition) is 3. The van der Waals surface area contributed by atoms with Gasteiger partial charge in [-0.2, -0.15) is 0 Å². The molecule has 2 radical (unpaired) electrons. The molecule has 1 saturated carbocycles. The summed E-state index contributed by atoms with van der Waals surface area (Å²) in [5, 5.41) is 4.05. The van der Waals surface area contributed by atoms with Gasteiger partial charge in [-0.3, -0.25) is 4.79 Å². The zero-order valence-corrected chi connectivity index (χ0v) is 18.0. The molecule has 164 valence electrons. The number of amides is 1. The number of carbonyl (C=O) groups excluding carboxylic acids is 1. The number of benzene rings is 2. The molecule has 2 heterocycles. The lowest BCUT2D eigenvalue weighted by Crippen LogP contribution is -2.27. The first kappa shape index (κ1) is 20.9. The van der Waals surface area contributed by atoms with Gasteiger partial charge in [0.15, 0.2) is 11.5 Å². The molecule has 3 aromatic rings. The molecule has 8 heteroatoms. The summed E-state index contributed by atoms with van der Waals surface area (Å²) in [6.07, 6.45) is -1.85. The summed E-state index contributed by atoms with van der Waals surface area (Å²) >= 11 is 0. The van der Waals surface area contributed by atoms with Gasteiger partial charge in [0.1, 0.15) is 0 Å². The van der Waals surface area contributed by atoms with E-state index in [1.807, 2.05) is 18.2 Å². The number of fused-ring (bicyclic) bond motifs is 2. The zero-order valence-electron chi connectivity index (χ0n) is 18.0. The predicted octanol–water partition coefficient (Wildman–Crippen LogP) is 5.34. The molecule has 1 aliphatic carbocycles. The maximum Gasteiger partial charge on any atom is 0.586 e. The number of rotatable bonds is 6. The molecule has 0 bridgehead atoms. The molecule has 0 spiro atoms. The van der Waals surface area contributed by atoms with Gasteiger partial charge in [0.2, 0.25) is 5.91 Å². The summed E-state index contributed by atoms with van der Waals surface area (Å²) in [6.45, 7) is 5.01. The normalized spacial score (nSPS) is 17.7. The van der Waals surface area contributed by atoms with Crippen molar-refractivity contribution in [1.29, 1.82) is 0 Å². The lowest BCUT2D eigenvalue weighted by atomic mass is 9.94. The van der Waals surface area contributed by atoms with Gasteiger partial charge in [-0.1, -0.05) is 26.2 Å². The molecule has 0 unspecified atom stereocenters. The van der Waals surface area contributed by atoms with Crippen LogP contribution in [0.15, 0.2) is 42.5 Å². The molecule has 5 rings (SSSR count). The Morgan fingerprint density at radius 1 is 1.12 bits per heavy atom. The van der Waals surface area contributed by atoms with Gasteiger partial charge >= 0.3 is 6.29 Å². The molecule has 5 nitrogen and oxygen atoms in total. The standard InChI is InChI=1S/C24H23BF2N2O3/c1-14(2)19-12-15-11-17(4-5-18(15)29(19)10-9-25)28-22(30)23(7-8-23)16-3-6-20-21(13-16)32-24(26,27)31-20/h3-6,11-14H,7-10H2,1-2H3,(H,28,30). The fourth-order valence-corrected chi connectivity index (χ4v) is 4.50. The largest absolute Gasteiger partial charge is 0.586 e. The maximum atomic E-state index is 13.4. The molecule has 2 aliphatic rings. The molecule has 1 N–H and O–H groups in total. The van der Waals surface area contributed by atoms with Crippen LogP contribution in [0.1, 0.15) is 43.9 Å². The van der Waals surface area contributed by atoms with E-state index in [1.165, 1.54) is 17.8 Å². The minimum absolute atomic E-state index is 0.0247. The van der Waals surface area contributed by atoms with E-state index in [2.05, 4.69) is 39.3 Å². The molecule has 1 aromatic heterocycles. The van der Waals surface area contributed by atoms with Gasteiger partial charge in [-0.05, 0) is 60.7 Å². The van der Waals surface area contributed by atoms with Crippen molar-refractivity contribution in [3.8, 4) is 11.5 Å². The number of aryl methyl sites for hydroxylation is 1. The molecule has 0 atom stereocenters. The average molecular weight is 436 g/mol. The Kier molecular flexibility index (Phi) is 4.73. The number of carbonyl (C=O) groups is 1. The van der Waals surface area contributed by atoms with E-state index in [4.69, 9.17) is 7.85 Å². The van der Waals surface area contributed by atoms with Crippen molar-refractivity contribution in [2.75, 3.05) is 5.32 Å². The fraction of sp³-hybridized carbons (Fsp3) is 0.375. The third-order valence-electron chi connectivity index (χ3n) is 6.27.